The molecule has 1 aromatic carbocycles. The van der Waals surface area contributed by atoms with Crippen molar-refractivity contribution in [3.63, 3.8) is 0 Å². The molecule has 0 saturated heterocycles. The number of hydrogen-bond donors (Lipinski definition) is 1. The molecule has 1 atom stereocenters. The zero-order chi connectivity index (χ0) is 12.8. The van der Waals surface area contributed by atoms with Crippen molar-refractivity contribution in [2.45, 2.75) is 25.8 Å². The molecule has 1 N–H and O–H groups in total. The van der Waals surface area contributed by atoms with E-state index in [0.717, 1.165) is 24.9 Å². The van der Waals surface area contributed by atoms with Crippen LogP contribution < -0.4 is 5.32 Å². The largest absolute Gasteiger partial charge is 0.310 e. The van der Waals surface area contributed by atoms with Crippen molar-refractivity contribution in [1.29, 1.82) is 0 Å². The Morgan fingerprint density at radius 2 is 2.22 bits per heavy atom. The minimum atomic E-state index is 0.376. The van der Waals surface area contributed by atoms with Crippen LogP contribution in [0.15, 0.2) is 49.2 Å². The fourth-order valence-corrected chi connectivity index (χ4v) is 2.33. The van der Waals surface area contributed by atoms with E-state index >= 15 is 0 Å². The minimum Gasteiger partial charge on any atom is -0.310 e. The van der Waals surface area contributed by atoms with E-state index in [9.17, 15) is 0 Å². The molecule has 0 radical (unpaired) electrons. The van der Waals surface area contributed by atoms with Gasteiger partial charge in [0.2, 0.25) is 0 Å². The van der Waals surface area contributed by atoms with Gasteiger partial charge < -0.3 is 5.32 Å². The van der Waals surface area contributed by atoms with Crippen LogP contribution in [0.4, 0.5) is 0 Å². The van der Waals surface area contributed by atoms with Gasteiger partial charge in [0.05, 0.1) is 5.52 Å². The van der Waals surface area contributed by atoms with Gasteiger partial charge in [-0.3, -0.25) is 4.98 Å². The molecule has 1 aromatic heterocycles. The van der Waals surface area contributed by atoms with Crippen molar-refractivity contribution in [1.82, 2.24) is 10.3 Å². The summed E-state index contributed by atoms with van der Waals surface area (Å²) in [5.41, 5.74) is 2.40. The Bertz CT molecular complexity index is 514. The lowest BCUT2D eigenvalue weighted by molar-refractivity contribution is 0.523. The van der Waals surface area contributed by atoms with Crippen LogP contribution in [0, 0.1) is 0 Å². The standard InChI is InChI=1S/C16H20N2/c1-3-5-10-15(17-4-2)13-8-6-11-16-14(13)9-7-12-18-16/h3,6-9,11-12,15,17H,1,4-5,10H2,2H3. The highest BCUT2D eigenvalue weighted by Crippen LogP contribution is 2.26. The maximum absolute atomic E-state index is 4.42. The predicted octanol–water partition coefficient (Wildman–Crippen LogP) is 3.85. The number of pyridine rings is 1. The van der Waals surface area contributed by atoms with Gasteiger partial charge in [0.15, 0.2) is 0 Å². The van der Waals surface area contributed by atoms with Gasteiger partial charge in [-0.1, -0.05) is 31.2 Å². The highest BCUT2D eigenvalue weighted by atomic mass is 14.9. The van der Waals surface area contributed by atoms with Gasteiger partial charge in [0, 0.05) is 17.6 Å². The molecule has 0 spiro atoms. The lowest BCUT2D eigenvalue weighted by Crippen LogP contribution is -2.21. The maximum atomic E-state index is 4.42. The number of nitrogens with zero attached hydrogens (tertiary/aromatic N) is 1. The molecule has 1 unspecified atom stereocenters. The third-order valence-electron chi connectivity index (χ3n) is 3.16. The van der Waals surface area contributed by atoms with Crippen molar-refractivity contribution in [2.75, 3.05) is 6.54 Å². The van der Waals surface area contributed by atoms with E-state index in [-0.39, 0.29) is 0 Å². The number of hydrogen-bond acceptors (Lipinski definition) is 2. The van der Waals surface area contributed by atoms with Crippen LogP contribution in [-0.2, 0) is 0 Å². The van der Waals surface area contributed by atoms with E-state index in [2.05, 4.69) is 48.1 Å². The number of aromatic nitrogens is 1. The second-order valence-electron chi connectivity index (χ2n) is 4.39. The third-order valence-corrected chi connectivity index (χ3v) is 3.16. The van der Waals surface area contributed by atoms with E-state index < -0.39 is 0 Å². The summed E-state index contributed by atoms with van der Waals surface area (Å²) in [6.07, 6.45) is 5.92. The molecular formula is C16H20N2. The fourth-order valence-electron chi connectivity index (χ4n) is 2.33. The molecule has 2 rings (SSSR count). The second-order valence-corrected chi connectivity index (χ2v) is 4.39. The van der Waals surface area contributed by atoms with Crippen LogP contribution in [0.1, 0.15) is 31.4 Å². The van der Waals surface area contributed by atoms with E-state index in [1.165, 1.54) is 10.9 Å². The highest BCUT2D eigenvalue weighted by molar-refractivity contribution is 5.82. The van der Waals surface area contributed by atoms with Crippen LogP contribution in [-0.4, -0.2) is 11.5 Å². The maximum Gasteiger partial charge on any atom is 0.0705 e. The highest BCUT2D eigenvalue weighted by Gasteiger charge is 2.12. The average molecular weight is 240 g/mol. The molecular weight excluding hydrogens is 220 g/mol. The number of nitrogens with one attached hydrogen (secondary N) is 1. The summed E-state index contributed by atoms with van der Waals surface area (Å²) in [6.45, 7) is 6.92. The summed E-state index contributed by atoms with van der Waals surface area (Å²) in [7, 11) is 0. The molecule has 0 saturated carbocycles. The summed E-state index contributed by atoms with van der Waals surface area (Å²) < 4.78 is 0. The summed E-state index contributed by atoms with van der Waals surface area (Å²) in [5.74, 6) is 0. The average Bonchev–Trinajstić information content (AvgIpc) is 2.43. The van der Waals surface area contributed by atoms with E-state index in [4.69, 9.17) is 0 Å². The van der Waals surface area contributed by atoms with Gasteiger partial charge in [0.25, 0.3) is 0 Å². The Morgan fingerprint density at radius 1 is 1.33 bits per heavy atom. The molecule has 0 amide bonds. The molecule has 0 aliphatic heterocycles. The number of allylic oxidation sites excluding steroid dienone is 1. The molecule has 2 aromatic rings. The summed E-state index contributed by atoms with van der Waals surface area (Å²) in [5, 5.41) is 4.80. The summed E-state index contributed by atoms with van der Waals surface area (Å²) >= 11 is 0. The summed E-state index contributed by atoms with van der Waals surface area (Å²) in [4.78, 5) is 4.42. The minimum absolute atomic E-state index is 0.376. The molecule has 2 nitrogen and oxygen atoms in total. The quantitative estimate of drug-likeness (QED) is 0.776. The SMILES string of the molecule is C=CCCC(NCC)c1cccc2ncccc12. The van der Waals surface area contributed by atoms with Crippen LogP contribution >= 0.6 is 0 Å². The van der Waals surface area contributed by atoms with Crippen molar-refractivity contribution in [3.05, 3.63) is 54.7 Å². The van der Waals surface area contributed by atoms with Gasteiger partial charge in [0.1, 0.15) is 0 Å². The lowest BCUT2D eigenvalue weighted by atomic mass is 9.97. The molecule has 0 bridgehead atoms. The van der Waals surface area contributed by atoms with Crippen molar-refractivity contribution >= 4 is 10.9 Å². The monoisotopic (exact) mass is 240 g/mol. The van der Waals surface area contributed by atoms with Gasteiger partial charge in [-0.25, -0.2) is 0 Å². The van der Waals surface area contributed by atoms with Crippen LogP contribution in [0.5, 0.6) is 0 Å². The van der Waals surface area contributed by atoms with Crippen LogP contribution in [0.2, 0.25) is 0 Å². The third kappa shape index (κ3) is 2.77. The number of benzene rings is 1. The second kappa shape index (κ2) is 6.31. The van der Waals surface area contributed by atoms with Crippen molar-refractivity contribution in [2.24, 2.45) is 0 Å². The first-order valence-electron chi connectivity index (χ1n) is 6.54. The molecule has 0 fully saturated rings. The molecule has 0 aliphatic rings. The zero-order valence-electron chi connectivity index (χ0n) is 10.9. The smallest absolute Gasteiger partial charge is 0.0705 e. The Labute approximate surface area is 109 Å². The van der Waals surface area contributed by atoms with Gasteiger partial charge in [-0.05, 0) is 37.1 Å². The first-order valence-corrected chi connectivity index (χ1v) is 6.54. The Kier molecular flexibility index (Phi) is 4.48. The van der Waals surface area contributed by atoms with E-state index in [1.807, 2.05) is 18.3 Å². The number of rotatable bonds is 6. The molecule has 2 heteroatoms. The topological polar surface area (TPSA) is 24.9 Å². The van der Waals surface area contributed by atoms with Crippen LogP contribution in [0.3, 0.4) is 0 Å². The normalized spacial score (nSPS) is 12.5. The molecule has 18 heavy (non-hydrogen) atoms. The van der Waals surface area contributed by atoms with Crippen molar-refractivity contribution in [3.8, 4) is 0 Å². The van der Waals surface area contributed by atoms with Gasteiger partial charge in [-0.2, -0.15) is 0 Å². The van der Waals surface area contributed by atoms with Crippen LogP contribution in [0.25, 0.3) is 10.9 Å². The first kappa shape index (κ1) is 12.8. The van der Waals surface area contributed by atoms with Crippen molar-refractivity contribution < 1.29 is 0 Å². The number of fused-ring (bicyclic) bond motifs is 1. The van der Waals surface area contributed by atoms with E-state index in [0.29, 0.717) is 6.04 Å². The van der Waals surface area contributed by atoms with Gasteiger partial charge in [-0.15, -0.1) is 6.58 Å². The predicted molar refractivity (Wildman–Crippen MR) is 77.6 cm³/mol. The molecule has 94 valence electrons. The van der Waals surface area contributed by atoms with E-state index in [1.54, 1.807) is 0 Å². The Balaban J connectivity index is 2.39. The van der Waals surface area contributed by atoms with Gasteiger partial charge >= 0.3 is 0 Å². The Morgan fingerprint density at radius 3 is 3.00 bits per heavy atom. The Hall–Kier alpha value is -1.67. The first-order chi connectivity index (χ1) is 8.86. The summed E-state index contributed by atoms with van der Waals surface area (Å²) in [6, 6.07) is 10.9. The zero-order valence-corrected chi connectivity index (χ0v) is 10.9. The molecule has 0 aliphatic carbocycles. The fraction of sp³-hybridized carbons (Fsp3) is 0.312. The molecule has 1 heterocycles. The lowest BCUT2D eigenvalue weighted by Gasteiger charge is -2.19.